The van der Waals surface area contributed by atoms with E-state index in [2.05, 4.69) is 15.3 Å². The number of carbonyl (C=O) groups is 2. The van der Waals surface area contributed by atoms with E-state index in [4.69, 9.17) is 23.2 Å². The van der Waals surface area contributed by atoms with E-state index in [1.807, 2.05) is 0 Å². The van der Waals surface area contributed by atoms with Gasteiger partial charge in [-0.25, -0.2) is 4.39 Å². The lowest BCUT2D eigenvalue weighted by atomic mass is 9.81. The molecule has 1 N–H and O–H groups in total. The Morgan fingerprint density at radius 3 is 2.92 bits per heavy atom. The van der Waals surface area contributed by atoms with Crippen LogP contribution in [0.2, 0.25) is 10.0 Å². The fourth-order valence-electron chi connectivity index (χ4n) is 2.60. The molecule has 0 saturated carbocycles. The Balaban J connectivity index is 1.82. The van der Waals surface area contributed by atoms with Crippen LogP contribution in [0.15, 0.2) is 30.6 Å². The highest BCUT2D eigenvalue weighted by Gasteiger charge is 2.46. The summed E-state index contributed by atoms with van der Waals surface area (Å²) in [6.07, 6.45) is 2.49. The number of aromatic nitrogens is 2. The standard InChI is InChI=1S/C16H12Cl2FN3O2/c17-9-6-11(18)12(21-7-9)8-22-15(24)16(19)4-3-13(23)14-10(16)2-1-5-20-14/h1-2,5-7H,3-4,8H2,(H,22,24). The van der Waals surface area contributed by atoms with E-state index >= 15 is 4.39 Å². The fraction of sp³-hybridized carbons (Fsp3) is 0.250. The molecule has 0 aliphatic heterocycles. The minimum absolute atomic E-state index is 0.00375. The summed E-state index contributed by atoms with van der Waals surface area (Å²) in [5.41, 5.74) is -1.94. The highest BCUT2D eigenvalue weighted by molar-refractivity contribution is 6.34. The lowest BCUT2D eigenvalue weighted by molar-refractivity contribution is -0.134. The van der Waals surface area contributed by atoms with Crippen LogP contribution in [0.4, 0.5) is 4.39 Å². The third kappa shape index (κ3) is 2.99. The Hall–Kier alpha value is -2.05. The Morgan fingerprint density at radius 1 is 1.38 bits per heavy atom. The first kappa shape index (κ1) is 16.8. The van der Waals surface area contributed by atoms with Gasteiger partial charge in [0.25, 0.3) is 5.91 Å². The van der Waals surface area contributed by atoms with Crippen LogP contribution in [-0.4, -0.2) is 21.7 Å². The van der Waals surface area contributed by atoms with Crippen LogP contribution >= 0.6 is 23.2 Å². The number of nitrogens with zero attached hydrogens (tertiary/aromatic N) is 2. The Morgan fingerprint density at radius 2 is 2.17 bits per heavy atom. The number of ketones is 1. The molecule has 2 aromatic rings. The summed E-state index contributed by atoms with van der Waals surface area (Å²) < 4.78 is 15.3. The Kier molecular flexibility index (Phi) is 4.51. The molecular formula is C16H12Cl2FN3O2. The number of alkyl halides is 1. The molecule has 0 aromatic carbocycles. The molecule has 0 bridgehead atoms. The molecule has 0 spiro atoms. The summed E-state index contributed by atoms with van der Waals surface area (Å²) in [5.74, 6) is -1.12. The predicted octanol–water partition coefficient (Wildman–Crippen LogP) is 3.24. The van der Waals surface area contributed by atoms with Crippen molar-refractivity contribution in [3.05, 3.63) is 57.6 Å². The second-order valence-electron chi connectivity index (χ2n) is 5.39. The molecule has 3 rings (SSSR count). The maximum atomic E-state index is 15.3. The molecule has 2 heterocycles. The number of carbonyl (C=O) groups excluding carboxylic acids is 2. The van der Waals surface area contributed by atoms with Crippen LogP contribution < -0.4 is 5.32 Å². The van der Waals surface area contributed by atoms with E-state index < -0.39 is 11.6 Å². The van der Waals surface area contributed by atoms with Gasteiger partial charge in [-0.1, -0.05) is 29.3 Å². The van der Waals surface area contributed by atoms with Crippen molar-refractivity contribution in [3.8, 4) is 0 Å². The summed E-state index contributed by atoms with van der Waals surface area (Å²) in [6.45, 7) is -0.0515. The molecule has 1 aliphatic carbocycles. The van der Waals surface area contributed by atoms with Gasteiger partial charge in [0.2, 0.25) is 5.67 Å². The summed E-state index contributed by atoms with van der Waals surface area (Å²) in [6, 6.07) is 4.39. The van der Waals surface area contributed by atoms with Crippen LogP contribution in [0.5, 0.6) is 0 Å². The van der Waals surface area contributed by atoms with Crippen LogP contribution in [-0.2, 0) is 17.0 Å². The average Bonchev–Trinajstić information content (AvgIpc) is 2.57. The van der Waals surface area contributed by atoms with Gasteiger partial charge in [0, 0.05) is 30.8 Å². The lowest BCUT2D eigenvalue weighted by Gasteiger charge is -2.29. The van der Waals surface area contributed by atoms with Gasteiger partial charge in [0.1, 0.15) is 5.69 Å². The molecule has 0 radical (unpaired) electrons. The minimum atomic E-state index is -2.31. The normalized spacial score (nSPS) is 19.7. The molecule has 1 amide bonds. The number of hydrogen-bond acceptors (Lipinski definition) is 4. The minimum Gasteiger partial charge on any atom is -0.347 e. The van der Waals surface area contributed by atoms with Crippen molar-refractivity contribution >= 4 is 34.9 Å². The molecule has 1 atom stereocenters. The zero-order valence-corrected chi connectivity index (χ0v) is 13.9. The molecule has 8 heteroatoms. The maximum absolute atomic E-state index is 15.3. The predicted molar refractivity (Wildman–Crippen MR) is 86.7 cm³/mol. The largest absolute Gasteiger partial charge is 0.347 e. The second kappa shape index (κ2) is 6.45. The smallest absolute Gasteiger partial charge is 0.262 e. The van der Waals surface area contributed by atoms with E-state index in [1.165, 1.54) is 30.6 Å². The average molecular weight is 368 g/mol. The first-order valence-corrected chi connectivity index (χ1v) is 7.93. The summed E-state index contributed by atoms with van der Waals surface area (Å²) >= 11 is 11.7. The van der Waals surface area contributed by atoms with Gasteiger partial charge in [-0.3, -0.25) is 19.6 Å². The van der Waals surface area contributed by atoms with Gasteiger partial charge < -0.3 is 5.32 Å². The maximum Gasteiger partial charge on any atom is 0.262 e. The SMILES string of the molecule is O=C1CCC(F)(C(=O)NCc2ncc(Cl)cc2Cl)c2cccnc21. The van der Waals surface area contributed by atoms with Crippen molar-refractivity contribution in [1.82, 2.24) is 15.3 Å². The number of rotatable bonds is 3. The summed E-state index contributed by atoms with van der Waals surface area (Å²) in [5, 5.41) is 3.12. The third-order valence-electron chi connectivity index (χ3n) is 3.86. The number of halogens is 3. The lowest BCUT2D eigenvalue weighted by Crippen LogP contribution is -2.44. The quantitative estimate of drug-likeness (QED) is 0.903. The Bertz CT molecular complexity index is 831. The number of fused-ring (bicyclic) bond motifs is 1. The van der Waals surface area contributed by atoms with Crippen molar-refractivity contribution in [2.24, 2.45) is 0 Å². The van der Waals surface area contributed by atoms with E-state index in [1.54, 1.807) is 0 Å². The molecule has 124 valence electrons. The monoisotopic (exact) mass is 367 g/mol. The molecule has 1 unspecified atom stereocenters. The zero-order valence-electron chi connectivity index (χ0n) is 12.4. The topological polar surface area (TPSA) is 72.0 Å². The first-order valence-electron chi connectivity index (χ1n) is 7.17. The van der Waals surface area contributed by atoms with E-state index in [0.717, 1.165) is 0 Å². The highest BCUT2D eigenvalue weighted by atomic mass is 35.5. The summed E-state index contributed by atoms with van der Waals surface area (Å²) in [7, 11) is 0. The molecule has 0 fully saturated rings. The van der Waals surface area contributed by atoms with Gasteiger partial charge in [-0.15, -0.1) is 0 Å². The van der Waals surface area contributed by atoms with Crippen molar-refractivity contribution in [2.45, 2.75) is 25.1 Å². The van der Waals surface area contributed by atoms with Crippen LogP contribution in [0.3, 0.4) is 0 Å². The fourth-order valence-corrected chi connectivity index (χ4v) is 3.05. The van der Waals surface area contributed by atoms with Crippen LogP contribution in [0.1, 0.15) is 34.6 Å². The third-order valence-corrected chi connectivity index (χ3v) is 4.39. The molecule has 1 aliphatic rings. The van der Waals surface area contributed by atoms with E-state index in [9.17, 15) is 9.59 Å². The molecular weight excluding hydrogens is 356 g/mol. The summed E-state index contributed by atoms with van der Waals surface area (Å²) in [4.78, 5) is 32.2. The van der Waals surface area contributed by atoms with Crippen molar-refractivity contribution in [3.63, 3.8) is 0 Å². The number of hydrogen-bond donors (Lipinski definition) is 1. The van der Waals surface area contributed by atoms with Gasteiger partial charge in [0.05, 0.1) is 22.3 Å². The molecule has 2 aromatic heterocycles. The molecule has 0 saturated heterocycles. The molecule has 24 heavy (non-hydrogen) atoms. The molecule has 5 nitrogen and oxygen atoms in total. The number of pyridine rings is 2. The van der Waals surface area contributed by atoms with Crippen molar-refractivity contribution in [1.29, 1.82) is 0 Å². The van der Waals surface area contributed by atoms with E-state index in [0.29, 0.717) is 10.7 Å². The van der Waals surface area contributed by atoms with Gasteiger partial charge in [-0.05, 0) is 12.1 Å². The Labute approximate surface area is 147 Å². The van der Waals surface area contributed by atoms with Crippen LogP contribution in [0, 0.1) is 0 Å². The zero-order chi connectivity index (χ0) is 17.3. The van der Waals surface area contributed by atoms with Gasteiger partial charge >= 0.3 is 0 Å². The van der Waals surface area contributed by atoms with Gasteiger partial charge in [-0.2, -0.15) is 0 Å². The highest BCUT2D eigenvalue weighted by Crippen LogP contribution is 2.38. The van der Waals surface area contributed by atoms with Crippen molar-refractivity contribution < 1.29 is 14.0 Å². The number of Topliss-reactive ketones (excluding diaryl/α,β-unsaturated/α-hetero) is 1. The van der Waals surface area contributed by atoms with Crippen molar-refractivity contribution in [2.75, 3.05) is 0 Å². The van der Waals surface area contributed by atoms with E-state index in [-0.39, 0.29) is 41.4 Å². The second-order valence-corrected chi connectivity index (χ2v) is 6.23. The number of amides is 1. The van der Waals surface area contributed by atoms with Crippen LogP contribution in [0.25, 0.3) is 0 Å². The number of nitrogens with one attached hydrogen (secondary N) is 1. The first-order chi connectivity index (χ1) is 11.4. The van der Waals surface area contributed by atoms with Gasteiger partial charge in [0.15, 0.2) is 5.78 Å².